The van der Waals surface area contributed by atoms with Crippen LogP contribution in [0.1, 0.15) is 41.3 Å². The van der Waals surface area contributed by atoms with Crippen molar-refractivity contribution in [2.24, 2.45) is 0 Å². The van der Waals surface area contributed by atoms with Gasteiger partial charge >= 0.3 is 0 Å². The Morgan fingerprint density at radius 2 is 1.91 bits per heavy atom. The van der Waals surface area contributed by atoms with Gasteiger partial charge in [-0.15, -0.1) is 24.8 Å². The molecule has 2 amide bonds. The molecule has 0 spiro atoms. The predicted molar refractivity (Wildman–Crippen MR) is 139 cm³/mol. The van der Waals surface area contributed by atoms with Gasteiger partial charge < -0.3 is 25.4 Å². The van der Waals surface area contributed by atoms with E-state index in [1.54, 1.807) is 11.8 Å². The van der Waals surface area contributed by atoms with Crippen molar-refractivity contribution in [3.05, 3.63) is 58.2 Å². The third-order valence-electron chi connectivity index (χ3n) is 6.32. The Morgan fingerprint density at radius 1 is 1.23 bits per heavy atom. The molecule has 8 nitrogen and oxygen atoms in total. The SMILES string of the molecule is CC(=O)N1CCC(Oc2nccc(C(=O)NCC(O)C3Cc4ccccc4CN3)c2Cl)CC1.Cl.Cl. The number of amides is 2. The quantitative estimate of drug-likeness (QED) is 0.516. The summed E-state index contributed by atoms with van der Waals surface area (Å²) >= 11 is 6.43. The number of aliphatic hydroxyl groups is 1. The number of benzene rings is 1. The molecule has 2 aromatic rings. The average molecular weight is 546 g/mol. The predicted octanol–water partition coefficient (Wildman–Crippen LogP) is 2.77. The van der Waals surface area contributed by atoms with Gasteiger partial charge in [0.25, 0.3) is 5.91 Å². The summed E-state index contributed by atoms with van der Waals surface area (Å²) in [5, 5.41) is 16.9. The lowest BCUT2D eigenvalue weighted by atomic mass is 9.93. The molecular weight excluding hydrogens is 515 g/mol. The third-order valence-corrected chi connectivity index (χ3v) is 6.68. The molecule has 2 aliphatic heterocycles. The zero-order valence-electron chi connectivity index (χ0n) is 19.4. The lowest BCUT2D eigenvalue weighted by Gasteiger charge is -2.31. The van der Waals surface area contributed by atoms with E-state index < -0.39 is 12.0 Å². The molecule has 2 atom stereocenters. The van der Waals surface area contributed by atoms with Crippen LogP contribution in [0.25, 0.3) is 0 Å². The van der Waals surface area contributed by atoms with Gasteiger partial charge in [0.2, 0.25) is 11.8 Å². The fraction of sp³-hybridized carbons (Fsp3) is 0.458. The Kier molecular flexibility index (Phi) is 11.0. The summed E-state index contributed by atoms with van der Waals surface area (Å²) in [4.78, 5) is 30.2. The maximum atomic E-state index is 12.8. The van der Waals surface area contributed by atoms with Gasteiger partial charge in [-0.2, -0.15) is 0 Å². The number of aromatic nitrogens is 1. The van der Waals surface area contributed by atoms with Gasteiger partial charge in [-0.1, -0.05) is 35.9 Å². The molecule has 3 N–H and O–H groups in total. The number of likely N-dealkylation sites (tertiary alicyclic amines) is 1. The van der Waals surface area contributed by atoms with Crippen LogP contribution in [-0.4, -0.2) is 64.7 Å². The van der Waals surface area contributed by atoms with Crippen LogP contribution in [0.4, 0.5) is 0 Å². The normalized spacial score (nSPS) is 18.4. The molecule has 2 unspecified atom stereocenters. The number of rotatable bonds is 6. The summed E-state index contributed by atoms with van der Waals surface area (Å²) in [5.74, 6) is -0.135. The number of nitrogens with zero attached hydrogens (tertiary/aromatic N) is 2. The maximum Gasteiger partial charge on any atom is 0.253 e. The Morgan fingerprint density at radius 3 is 2.60 bits per heavy atom. The highest BCUT2D eigenvalue weighted by Gasteiger charge is 2.26. The molecule has 192 valence electrons. The summed E-state index contributed by atoms with van der Waals surface area (Å²) in [6.07, 6.45) is 2.67. The molecule has 1 saturated heterocycles. The number of pyridine rings is 1. The van der Waals surface area contributed by atoms with Crippen LogP contribution in [0.15, 0.2) is 36.5 Å². The summed E-state index contributed by atoms with van der Waals surface area (Å²) < 4.78 is 5.94. The maximum absolute atomic E-state index is 12.8. The molecule has 1 aromatic heterocycles. The van der Waals surface area contributed by atoms with E-state index in [2.05, 4.69) is 27.8 Å². The van der Waals surface area contributed by atoms with Crippen molar-refractivity contribution in [2.45, 2.75) is 51.0 Å². The number of carbonyl (C=O) groups is 2. The van der Waals surface area contributed by atoms with E-state index in [0.717, 1.165) is 0 Å². The molecule has 35 heavy (non-hydrogen) atoms. The lowest BCUT2D eigenvalue weighted by Crippen LogP contribution is -2.49. The number of carbonyl (C=O) groups excluding carboxylic acids is 2. The minimum atomic E-state index is -0.745. The second kappa shape index (κ2) is 13.3. The molecule has 2 aliphatic rings. The molecule has 0 bridgehead atoms. The van der Waals surface area contributed by atoms with Gasteiger partial charge in [0.05, 0.1) is 11.7 Å². The van der Waals surface area contributed by atoms with E-state index in [0.29, 0.717) is 38.9 Å². The monoisotopic (exact) mass is 544 g/mol. The largest absolute Gasteiger partial charge is 0.473 e. The molecule has 4 rings (SSSR count). The second-order valence-electron chi connectivity index (χ2n) is 8.54. The van der Waals surface area contributed by atoms with Crippen molar-refractivity contribution in [3.8, 4) is 5.88 Å². The smallest absolute Gasteiger partial charge is 0.253 e. The molecule has 1 aromatic carbocycles. The van der Waals surface area contributed by atoms with E-state index in [9.17, 15) is 14.7 Å². The van der Waals surface area contributed by atoms with Crippen molar-refractivity contribution < 1.29 is 19.4 Å². The van der Waals surface area contributed by atoms with Gasteiger partial charge in [0.15, 0.2) is 0 Å². The number of ether oxygens (including phenoxy) is 1. The van der Waals surface area contributed by atoms with Crippen molar-refractivity contribution in [3.63, 3.8) is 0 Å². The van der Waals surface area contributed by atoms with Gasteiger partial charge in [-0.05, 0) is 23.6 Å². The second-order valence-corrected chi connectivity index (χ2v) is 8.92. The summed E-state index contributed by atoms with van der Waals surface area (Å²) in [5.41, 5.74) is 2.68. The summed E-state index contributed by atoms with van der Waals surface area (Å²) in [7, 11) is 0. The van der Waals surface area contributed by atoms with Crippen LogP contribution in [0.3, 0.4) is 0 Å². The molecule has 0 aliphatic carbocycles. The lowest BCUT2D eigenvalue weighted by molar-refractivity contribution is -0.130. The zero-order chi connectivity index (χ0) is 23.4. The Bertz CT molecular complexity index is 1020. The van der Waals surface area contributed by atoms with E-state index in [-0.39, 0.29) is 65.9 Å². The Labute approximate surface area is 222 Å². The highest BCUT2D eigenvalue weighted by Crippen LogP contribution is 2.28. The summed E-state index contributed by atoms with van der Waals surface area (Å²) in [6.45, 7) is 3.58. The van der Waals surface area contributed by atoms with Gasteiger partial charge in [-0.3, -0.25) is 9.59 Å². The number of nitrogens with one attached hydrogen (secondary N) is 2. The van der Waals surface area contributed by atoms with Crippen LogP contribution in [0.5, 0.6) is 5.88 Å². The first kappa shape index (κ1) is 29.1. The minimum absolute atomic E-state index is 0. The number of hydrogen-bond donors (Lipinski definition) is 3. The van der Waals surface area contributed by atoms with Gasteiger partial charge in [0, 0.05) is 58.2 Å². The van der Waals surface area contributed by atoms with Crippen molar-refractivity contribution in [1.82, 2.24) is 20.5 Å². The first-order valence-electron chi connectivity index (χ1n) is 11.3. The van der Waals surface area contributed by atoms with E-state index >= 15 is 0 Å². The van der Waals surface area contributed by atoms with Crippen molar-refractivity contribution in [2.75, 3.05) is 19.6 Å². The summed E-state index contributed by atoms with van der Waals surface area (Å²) in [6, 6.07) is 9.52. The molecule has 0 radical (unpaired) electrons. The van der Waals surface area contributed by atoms with E-state index in [1.165, 1.54) is 23.4 Å². The fourth-order valence-electron chi connectivity index (χ4n) is 4.31. The molecule has 1 fully saturated rings. The molecule has 0 saturated carbocycles. The van der Waals surface area contributed by atoms with Gasteiger partial charge in [-0.25, -0.2) is 4.98 Å². The molecular formula is C24H31Cl3N4O4. The zero-order valence-corrected chi connectivity index (χ0v) is 21.8. The average Bonchev–Trinajstić information content (AvgIpc) is 2.83. The van der Waals surface area contributed by atoms with Crippen molar-refractivity contribution >= 4 is 48.2 Å². The van der Waals surface area contributed by atoms with Crippen LogP contribution in [-0.2, 0) is 17.8 Å². The molecule has 3 heterocycles. The number of hydrogen-bond acceptors (Lipinski definition) is 6. The highest BCUT2D eigenvalue weighted by molar-refractivity contribution is 6.35. The number of fused-ring (bicyclic) bond motifs is 1. The minimum Gasteiger partial charge on any atom is -0.473 e. The Balaban J connectivity index is 0.00000216. The van der Waals surface area contributed by atoms with Crippen LogP contribution >= 0.6 is 36.4 Å². The van der Waals surface area contributed by atoms with Crippen molar-refractivity contribution in [1.29, 1.82) is 0 Å². The fourth-order valence-corrected chi connectivity index (χ4v) is 4.56. The highest BCUT2D eigenvalue weighted by atomic mass is 35.5. The first-order valence-corrected chi connectivity index (χ1v) is 11.6. The van der Waals surface area contributed by atoms with E-state index in [4.69, 9.17) is 16.3 Å². The van der Waals surface area contributed by atoms with Crippen LogP contribution in [0.2, 0.25) is 5.02 Å². The standard InChI is InChI=1S/C24H29ClN4O4.2ClH/c1-15(30)29-10-7-18(8-11-29)33-24-22(25)19(6-9-26-24)23(32)28-14-21(31)20-12-16-4-2-3-5-17(16)13-27-20;;/h2-6,9,18,20-21,27,31H,7-8,10-14H2,1H3,(H,28,32);2*1H. The van der Waals surface area contributed by atoms with Gasteiger partial charge in [0.1, 0.15) is 11.1 Å². The number of aliphatic hydroxyl groups excluding tert-OH is 1. The third kappa shape index (κ3) is 7.21. The van der Waals surface area contributed by atoms with Crippen LogP contribution in [0, 0.1) is 0 Å². The number of halogens is 3. The van der Waals surface area contributed by atoms with Crippen LogP contribution < -0.4 is 15.4 Å². The van der Waals surface area contributed by atoms with E-state index in [1.807, 2.05) is 12.1 Å². The Hall–Kier alpha value is -2.10. The topological polar surface area (TPSA) is 104 Å². The number of piperidine rings is 1. The molecule has 11 heteroatoms. The first-order chi connectivity index (χ1) is 15.9.